The standard InChI is InChI=1S/C14H17F3N2O3.ClH/c1-2-21-11-4-3-9(14(15,16)17)7-10(11)19-13(20)12-8-18-5-6-22-12;/h3-4,7,12,18H,2,5-6,8H2,1H3,(H,19,20);1H. The molecule has 1 aliphatic heterocycles. The summed E-state index contributed by atoms with van der Waals surface area (Å²) in [4.78, 5) is 12.1. The predicted octanol–water partition coefficient (Wildman–Crippen LogP) is 2.45. The minimum atomic E-state index is -4.49. The third-order valence-electron chi connectivity index (χ3n) is 3.08. The lowest BCUT2D eigenvalue weighted by Crippen LogP contribution is -2.45. The highest BCUT2D eigenvalue weighted by Crippen LogP contribution is 2.35. The summed E-state index contributed by atoms with van der Waals surface area (Å²) in [5, 5.41) is 5.43. The zero-order valence-corrected chi connectivity index (χ0v) is 13.2. The number of morpholine rings is 1. The van der Waals surface area contributed by atoms with Gasteiger partial charge < -0.3 is 20.1 Å². The number of amides is 1. The topological polar surface area (TPSA) is 59.6 Å². The summed E-state index contributed by atoms with van der Waals surface area (Å²) in [5.74, 6) is -0.319. The zero-order valence-electron chi connectivity index (χ0n) is 12.4. The van der Waals surface area contributed by atoms with Crippen molar-refractivity contribution in [3.8, 4) is 5.75 Å². The maximum atomic E-state index is 12.8. The fourth-order valence-corrected chi connectivity index (χ4v) is 2.03. The summed E-state index contributed by atoms with van der Waals surface area (Å²) < 4.78 is 48.9. The molecule has 0 radical (unpaired) electrons. The Morgan fingerprint density at radius 2 is 2.22 bits per heavy atom. The molecule has 1 saturated heterocycles. The number of benzene rings is 1. The van der Waals surface area contributed by atoms with E-state index >= 15 is 0 Å². The first kappa shape index (κ1) is 19.5. The lowest BCUT2D eigenvalue weighted by Gasteiger charge is -2.23. The van der Waals surface area contributed by atoms with Crippen molar-refractivity contribution in [2.45, 2.75) is 19.2 Å². The van der Waals surface area contributed by atoms with Crippen molar-refractivity contribution in [3.05, 3.63) is 23.8 Å². The van der Waals surface area contributed by atoms with Crippen LogP contribution in [0.3, 0.4) is 0 Å². The normalized spacial score (nSPS) is 18.0. The van der Waals surface area contributed by atoms with Crippen LogP contribution in [-0.4, -0.2) is 38.3 Å². The smallest absolute Gasteiger partial charge is 0.416 e. The molecule has 9 heteroatoms. The summed E-state index contributed by atoms with van der Waals surface area (Å²) in [6, 6.07) is 2.97. The summed E-state index contributed by atoms with van der Waals surface area (Å²) in [7, 11) is 0. The third-order valence-corrected chi connectivity index (χ3v) is 3.08. The third kappa shape index (κ3) is 5.26. The lowest BCUT2D eigenvalue weighted by atomic mass is 10.1. The van der Waals surface area contributed by atoms with Crippen LogP contribution in [0.15, 0.2) is 18.2 Å². The first-order valence-electron chi connectivity index (χ1n) is 6.89. The Balaban J connectivity index is 0.00000264. The van der Waals surface area contributed by atoms with E-state index < -0.39 is 23.8 Å². The molecule has 1 heterocycles. The minimum Gasteiger partial charge on any atom is -0.492 e. The van der Waals surface area contributed by atoms with E-state index in [0.717, 1.165) is 12.1 Å². The average molecular weight is 355 g/mol. The van der Waals surface area contributed by atoms with Crippen molar-refractivity contribution < 1.29 is 27.4 Å². The number of halogens is 4. The molecule has 23 heavy (non-hydrogen) atoms. The predicted molar refractivity (Wildman–Crippen MR) is 81.1 cm³/mol. The highest BCUT2D eigenvalue weighted by molar-refractivity contribution is 5.95. The molecule has 2 N–H and O–H groups in total. The number of carbonyl (C=O) groups excluding carboxylic acids is 1. The van der Waals surface area contributed by atoms with Crippen molar-refractivity contribution >= 4 is 24.0 Å². The van der Waals surface area contributed by atoms with Crippen LogP contribution in [0.2, 0.25) is 0 Å². The van der Waals surface area contributed by atoms with Crippen LogP contribution in [-0.2, 0) is 15.7 Å². The molecular weight excluding hydrogens is 337 g/mol. The summed E-state index contributed by atoms with van der Waals surface area (Å²) in [5.41, 5.74) is -0.871. The molecule has 0 saturated carbocycles. The number of carbonyl (C=O) groups is 1. The second-order valence-electron chi connectivity index (χ2n) is 4.69. The number of alkyl halides is 3. The molecule has 0 bridgehead atoms. The van der Waals surface area contributed by atoms with E-state index in [4.69, 9.17) is 9.47 Å². The molecule has 1 aromatic rings. The summed E-state index contributed by atoms with van der Waals surface area (Å²) >= 11 is 0. The molecule has 130 valence electrons. The van der Waals surface area contributed by atoms with Crippen LogP contribution < -0.4 is 15.4 Å². The highest BCUT2D eigenvalue weighted by atomic mass is 35.5. The molecule has 0 aromatic heterocycles. The van der Waals surface area contributed by atoms with Gasteiger partial charge in [0.2, 0.25) is 0 Å². The van der Waals surface area contributed by atoms with Gasteiger partial charge in [-0.1, -0.05) is 0 Å². The van der Waals surface area contributed by atoms with Gasteiger partial charge in [-0.25, -0.2) is 0 Å². The molecule has 1 fully saturated rings. The molecule has 1 amide bonds. The number of anilines is 1. The maximum absolute atomic E-state index is 12.8. The Kier molecular flexibility index (Phi) is 7.11. The Morgan fingerprint density at radius 3 is 2.78 bits per heavy atom. The lowest BCUT2D eigenvalue weighted by molar-refractivity contribution is -0.137. The van der Waals surface area contributed by atoms with Gasteiger partial charge in [0.05, 0.1) is 24.5 Å². The number of nitrogens with one attached hydrogen (secondary N) is 2. The first-order chi connectivity index (χ1) is 10.4. The van der Waals surface area contributed by atoms with Gasteiger partial charge in [-0.15, -0.1) is 12.4 Å². The van der Waals surface area contributed by atoms with Crippen LogP contribution in [0.1, 0.15) is 12.5 Å². The van der Waals surface area contributed by atoms with Crippen molar-refractivity contribution in [1.82, 2.24) is 5.32 Å². The second-order valence-corrected chi connectivity index (χ2v) is 4.69. The van der Waals surface area contributed by atoms with Gasteiger partial charge in [-0.3, -0.25) is 4.79 Å². The van der Waals surface area contributed by atoms with Gasteiger partial charge in [0.1, 0.15) is 11.9 Å². The Labute approximate surface area is 137 Å². The van der Waals surface area contributed by atoms with Crippen LogP contribution >= 0.6 is 12.4 Å². The second kappa shape index (κ2) is 8.37. The summed E-state index contributed by atoms with van der Waals surface area (Å²) in [6.07, 6.45) is -5.23. The number of hydrogen-bond acceptors (Lipinski definition) is 4. The first-order valence-corrected chi connectivity index (χ1v) is 6.89. The van der Waals surface area contributed by atoms with Crippen molar-refractivity contribution in [2.24, 2.45) is 0 Å². The number of ether oxygens (including phenoxy) is 2. The van der Waals surface area contributed by atoms with E-state index in [0.29, 0.717) is 19.7 Å². The molecule has 0 aliphatic carbocycles. The Morgan fingerprint density at radius 1 is 1.48 bits per heavy atom. The molecule has 1 aromatic carbocycles. The number of hydrogen-bond donors (Lipinski definition) is 2. The van der Waals surface area contributed by atoms with E-state index in [1.54, 1.807) is 6.92 Å². The highest BCUT2D eigenvalue weighted by Gasteiger charge is 2.32. The molecule has 2 rings (SSSR count). The fourth-order valence-electron chi connectivity index (χ4n) is 2.03. The zero-order chi connectivity index (χ0) is 16.2. The van der Waals surface area contributed by atoms with Crippen molar-refractivity contribution in [2.75, 3.05) is 31.6 Å². The monoisotopic (exact) mass is 354 g/mol. The molecule has 1 unspecified atom stereocenters. The van der Waals surface area contributed by atoms with Crippen molar-refractivity contribution in [3.63, 3.8) is 0 Å². The van der Waals surface area contributed by atoms with E-state index in [-0.39, 0.29) is 30.5 Å². The average Bonchev–Trinajstić information content (AvgIpc) is 2.49. The van der Waals surface area contributed by atoms with Crippen LogP contribution in [0.5, 0.6) is 5.75 Å². The van der Waals surface area contributed by atoms with Gasteiger partial charge in [0.25, 0.3) is 5.91 Å². The molecule has 0 spiro atoms. The number of rotatable bonds is 4. The van der Waals surface area contributed by atoms with Gasteiger partial charge in [0, 0.05) is 13.1 Å². The Bertz CT molecular complexity index is 534. The van der Waals surface area contributed by atoms with E-state index in [2.05, 4.69) is 10.6 Å². The molecular formula is C14H18ClF3N2O3. The van der Waals surface area contributed by atoms with Gasteiger partial charge in [0.15, 0.2) is 0 Å². The minimum absolute atomic E-state index is 0. The SMILES string of the molecule is CCOc1ccc(C(F)(F)F)cc1NC(=O)C1CNCCO1.Cl. The largest absolute Gasteiger partial charge is 0.492 e. The summed E-state index contributed by atoms with van der Waals surface area (Å²) in [6.45, 7) is 3.30. The Hall–Kier alpha value is -1.51. The molecule has 1 aliphatic rings. The van der Waals surface area contributed by atoms with Gasteiger partial charge in [-0.2, -0.15) is 13.2 Å². The van der Waals surface area contributed by atoms with Gasteiger partial charge in [-0.05, 0) is 25.1 Å². The van der Waals surface area contributed by atoms with E-state index in [9.17, 15) is 18.0 Å². The van der Waals surface area contributed by atoms with Crippen molar-refractivity contribution in [1.29, 1.82) is 0 Å². The van der Waals surface area contributed by atoms with Crippen LogP contribution in [0.25, 0.3) is 0 Å². The molecule has 5 nitrogen and oxygen atoms in total. The van der Waals surface area contributed by atoms with Crippen LogP contribution in [0, 0.1) is 0 Å². The maximum Gasteiger partial charge on any atom is 0.416 e. The fraction of sp³-hybridized carbons (Fsp3) is 0.500. The molecule has 1 atom stereocenters. The van der Waals surface area contributed by atoms with Crippen LogP contribution in [0.4, 0.5) is 18.9 Å². The van der Waals surface area contributed by atoms with E-state index in [1.165, 1.54) is 6.07 Å². The van der Waals surface area contributed by atoms with Gasteiger partial charge >= 0.3 is 6.18 Å². The quantitative estimate of drug-likeness (QED) is 0.872. The van der Waals surface area contributed by atoms with E-state index in [1.807, 2.05) is 0 Å².